The van der Waals surface area contributed by atoms with Crippen LogP contribution >= 0.6 is 27.3 Å². The summed E-state index contributed by atoms with van der Waals surface area (Å²) in [4.78, 5) is 23.9. The smallest absolute Gasteiger partial charge is 0.331 e. The molecule has 7 heteroatoms. The van der Waals surface area contributed by atoms with Crippen LogP contribution in [0.15, 0.2) is 46.3 Å². The highest BCUT2D eigenvalue weighted by molar-refractivity contribution is 9.11. The highest BCUT2D eigenvalue weighted by Crippen LogP contribution is 2.22. The van der Waals surface area contributed by atoms with Gasteiger partial charge in [-0.25, -0.2) is 9.18 Å². The van der Waals surface area contributed by atoms with E-state index in [-0.39, 0.29) is 0 Å². The van der Waals surface area contributed by atoms with E-state index in [2.05, 4.69) is 21.2 Å². The number of esters is 1. The van der Waals surface area contributed by atoms with Crippen LogP contribution in [0.2, 0.25) is 0 Å². The summed E-state index contributed by atoms with van der Waals surface area (Å²) < 4.78 is 18.7. The average Bonchev–Trinajstić information content (AvgIpc) is 2.89. The predicted molar refractivity (Wildman–Crippen MR) is 87.0 cm³/mol. The third kappa shape index (κ3) is 5.42. The van der Waals surface area contributed by atoms with E-state index in [0.717, 1.165) is 8.66 Å². The van der Waals surface area contributed by atoms with Gasteiger partial charge < -0.3 is 10.1 Å². The molecule has 0 fully saturated rings. The van der Waals surface area contributed by atoms with Gasteiger partial charge in [-0.05, 0) is 52.3 Å². The van der Waals surface area contributed by atoms with Gasteiger partial charge in [0.05, 0.1) is 3.79 Å². The molecular weight excluding hydrogens is 373 g/mol. The summed E-state index contributed by atoms with van der Waals surface area (Å²) in [5.74, 6) is -1.62. The van der Waals surface area contributed by atoms with Crippen molar-refractivity contribution in [3.63, 3.8) is 0 Å². The molecule has 1 aromatic carbocycles. The minimum Gasteiger partial charge on any atom is -0.452 e. The van der Waals surface area contributed by atoms with Crippen molar-refractivity contribution in [1.82, 2.24) is 0 Å². The van der Waals surface area contributed by atoms with Gasteiger partial charge in [0, 0.05) is 16.6 Å². The van der Waals surface area contributed by atoms with E-state index in [1.54, 1.807) is 6.08 Å². The van der Waals surface area contributed by atoms with Crippen molar-refractivity contribution >= 4 is 50.9 Å². The van der Waals surface area contributed by atoms with Gasteiger partial charge in [-0.3, -0.25) is 4.79 Å². The van der Waals surface area contributed by atoms with Crippen molar-refractivity contribution in [2.24, 2.45) is 0 Å². The summed E-state index contributed by atoms with van der Waals surface area (Å²) in [6.45, 7) is -0.437. The zero-order valence-electron chi connectivity index (χ0n) is 11.2. The average molecular weight is 384 g/mol. The number of ether oxygens (including phenoxy) is 1. The molecule has 114 valence electrons. The Hall–Kier alpha value is -1.99. The Balaban J connectivity index is 1.78. The number of carbonyl (C=O) groups is 2. The quantitative estimate of drug-likeness (QED) is 0.630. The molecule has 0 unspecified atom stereocenters. The lowest BCUT2D eigenvalue weighted by molar-refractivity contribution is -0.142. The third-order valence-corrected chi connectivity index (χ3v) is 4.02. The molecule has 1 aromatic heterocycles. The summed E-state index contributed by atoms with van der Waals surface area (Å²) in [6.07, 6.45) is 2.84. The van der Waals surface area contributed by atoms with Crippen molar-refractivity contribution in [3.05, 3.63) is 57.0 Å². The third-order valence-electron chi connectivity index (χ3n) is 2.43. The highest BCUT2D eigenvalue weighted by atomic mass is 79.9. The maximum atomic E-state index is 12.9. The molecule has 0 aliphatic rings. The van der Waals surface area contributed by atoms with E-state index in [0.29, 0.717) is 5.69 Å². The topological polar surface area (TPSA) is 55.4 Å². The summed E-state index contributed by atoms with van der Waals surface area (Å²) in [6, 6.07) is 9.16. The standard InChI is InChI=1S/C15H11BrFNO3S/c16-13-6-4-12(22-13)5-7-15(20)21-9-14(19)18-11-3-1-2-10(17)8-11/h1-8H,9H2,(H,18,19)/b7-5+. The molecule has 0 atom stereocenters. The fourth-order valence-electron chi connectivity index (χ4n) is 1.52. The minimum atomic E-state index is -0.626. The maximum absolute atomic E-state index is 12.9. The predicted octanol–water partition coefficient (Wildman–Crippen LogP) is 3.84. The van der Waals surface area contributed by atoms with Crippen LogP contribution in [0.25, 0.3) is 6.08 Å². The van der Waals surface area contributed by atoms with Crippen LogP contribution < -0.4 is 5.32 Å². The number of anilines is 1. The lowest BCUT2D eigenvalue weighted by atomic mass is 10.3. The fraction of sp³-hybridized carbons (Fsp3) is 0.0667. The maximum Gasteiger partial charge on any atom is 0.331 e. The zero-order valence-corrected chi connectivity index (χ0v) is 13.6. The van der Waals surface area contributed by atoms with Crippen molar-refractivity contribution in [1.29, 1.82) is 0 Å². The number of benzene rings is 1. The van der Waals surface area contributed by atoms with E-state index in [9.17, 15) is 14.0 Å². The molecule has 0 spiro atoms. The number of rotatable bonds is 5. The van der Waals surface area contributed by atoms with Gasteiger partial charge in [-0.1, -0.05) is 6.07 Å². The first kappa shape index (κ1) is 16.4. The number of thiophene rings is 1. The van der Waals surface area contributed by atoms with Crippen LogP contribution in [0.5, 0.6) is 0 Å². The van der Waals surface area contributed by atoms with Gasteiger partial charge in [-0.15, -0.1) is 11.3 Å². The van der Waals surface area contributed by atoms with E-state index >= 15 is 0 Å². The number of hydrogen-bond acceptors (Lipinski definition) is 4. The van der Waals surface area contributed by atoms with Gasteiger partial charge in [0.2, 0.25) is 0 Å². The van der Waals surface area contributed by atoms with Crippen molar-refractivity contribution < 1.29 is 18.7 Å². The number of carbonyl (C=O) groups excluding carboxylic acids is 2. The van der Waals surface area contributed by atoms with Crippen LogP contribution in [0.3, 0.4) is 0 Å². The Morgan fingerprint density at radius 3 is 2.82 bits per heavy atom. The molecule has 2 rings (SSSR count). The van der Waals surface area contributed by atoms with Crippen molar-refractivity contribution in [3.8, 4) is 0 Å². The number of halogens is 2. The molecule has 0 aliphatic carbocycles. The highest BCUT2D eigenvalue weighted by Gasteiger charge is 2.06. The minimum absolute atomic E-state index is 0.306. The molecular formula is C15H11BrFNO3S. The first-order valence-electron chi connectivity index (χ1n) is 6.18. The van der Waals surface area contributed by atoms with Crippen LogP contribution in [0.4, 0.5) is 10.1 Å². The lowest BCUT2D eigenvalue weighted by Gasteiger charge is -2.05. The van der Waals surface area contributed by atoms with Crippen LogP contribution in [-0.4, -0.2) is 18.5 Å². The monoisotopic (exact) mass is 383 g/mol. The first-order valence-corrected chi connectivity index (χ1v) is 7.79. The van der Waals surface area contributed by atoms with Crippen molar-refractivity contribution in [2.75, 3.05) is 11.9 Å². The van der Waals surface area contributed by atoms with E-state index in [1.807, 2.05) is 12.1 Å². The Kier molecular flexibility index (Phi) is 5.85. The molecule has 0 bridgehead atoms. The second-order valence-corrected chi connectivity index (χ2v) is 6.64. The zero-order chi connectivity index (χ0) is 15.9. The molecule has 0 saturated carbocycles. The largest absolute Gasteiger partial charge is 0.452 e. The Morgan fingerprint density at radius 1 is 1.32 bits per heavy atom. The fourth-order valence-corrected chi connectivity index (χ4v) is 2.84. The summed E-state index contributed by atoms with van der Waals surface area (Å²) in [7, 11) is 0. The normalized spacial score (nSPS) is 10.6. The van der Waals surface area contributed by atoms with Crippen LogP contribution in [0.1, 0.15) is 4.88 Å². The van der Waals surface area contributed by atoms with E-state index < -0.39 is 24.3 Å². The number of hydrogen-bond donors (Lipinski definition) is 1. The van der Waals surface area contributed by atoms with E-state index in [4.69, 9.17) is 4.74 Å². The molecule has 4 nitrogen and oxygen atoms in total. The van der Waals surface area contributed by atoms with Crippen LogP contribution in [0, 0.1) is 5.82 Å². The molecule has 1 heterocycles. The Labute approximate surface area is 138 Å². The molecule has 0 radical (unpaired) electrons. The molecule has 22 heavy (non-hydrogen) atoms. The molecule has 0 aliphatic heterocycles. The Bertz CT molecular complexity index is 714. The second kappa shape index (κ2) is 7.86. The van der Waals surface area contributed by atoms with E-state index in [1.165, 1.54) is 41.7 Å². The van der Waals surface area contributed by atoms with Crippen molar-refractivity contribution in [2.45, 2.75) is 0 Å². The molecule has 2 aromatic rings. The molecule has 0 saturated heterocycles. The molecule has 1 amide bonds. The van der Waals surface area contributed by atoms with Gasteiger partial charge in [0.15, 0.2) is 6.61 Å². The van der Waals surface area contributed by atoms with Gasteiger partial charge in [0.25, 0.3) is 5.91 Å². The number of nitrogens with one attached hydrogen (secondary N) is 1. The van der Waals surface area contributed by atoms with Crippen LogP contribution in [-0.2, 0) is 14.3 Å². The lowest BCUT2D eigenvalue weighted by Crippen LogP contribution is -2.20. The summed E-state index contributed by atoms with van der Waals surface area (Å²) in [5.41, 5.74) is 0.306. The SMILES string of the molecule is O=C(COC(=O)/C=C/c1ccc(Br)s1)Nc1cccc(F)c1. The molecule has 1 N–H and O–H groups in total. The van der Waals surface area contributed by atoms with Gasteiger partial charge in [-0.2, -0.15) is 0 Å². The van der Waals surface area contributed by atoms with Gasteiger partial charge in [0.1, 0.15) is 5.82 Å². The Morgan fingerprint density at radius 2 is 2.14 bits per heavy atom. The summed E-state index contributed by atoms with van der Waals surface area (Å²) in [5, 5.41) is 2.43. The summed E-state index contributed by atoms with van der Waals surface area (Å²) >= 11 is 4.78. The first-order chi connectivity index (χ1) is 10.5. The second-order valence-electron chi connectivity index (χ2n) is 4.14. The van der Waals surface area contributed by atoms with Gasteiger partial charge >= 0.3 is 5.97 Å². The number of amides is 1.